The molecule has 0 radical (unpaired) electrons. The van der Waals surface area contributed by atoms with E-state index in [1.54, 1.807) is 18.2 Å². The Bertz CT molecular complexity index is 775. The maximum absolute atomic E-state index is 11.0. The number of aromatic nitrogens is 2. The molecule has 0 amide bonds. The summed E-state index contributed by atoms with van der Waals surface area (Å²) >= 11 is 1.53. The fourth-order valence-electron chi connectivity index (χ4n) is 1.85. The van der Waals surface area contributed by atoms with Crippen LogP contribution < -0.4 is 0 Å². The Hall–Kier alpha value is -2.40. The lowest BCUT2D eigenvalue weighted by Crippen LogP contribution is -1.96. The number of hydrogen-bond acceptors (Lipinski definition) is 4. The van der Waals surface area contributed by atoms with Crippen LogP contribution in [0.4, 0.5) is 0 Å². The van der Waals surface area contributed by atoms with Gasteiger partial charge in [-0.3, -0.25) is 0 Å². The predicted molar refractivity (Wildman–Crippen MR) is 77.1 cm³/mol. The second kappa shape index (κ2) is 5.30. The molecule has 0 atom stereocenters. The third-order valence-electron chi connectivity index (χ3n) is 2.80. The van der Waals surface area contributed by atoms with E-state index in [4.69, 9.17) is 5.11 Å². The van der Waals surface area contributed by atoms with Crippen molar-refractivity contribution >= 4 is 28.6 Å². The van der Waals surface area contributed by atoms with E-state index in [0.29, 0.717) is 5.52 Å². The summed E-state index contributed by atoms with van der Waals surface area (Å²) < 4.78 is 0. The van der Waals surface area contributed by atoms with Crippen LogP contribution in [0.15, 0.2) is 64.8 Å². The van der Waals surface area contributed by atoms with Gasteiger partial charge in [0.1, 0.15) is 11.4 Å². The molecule has 1 N–H and O–H groups in total. The highest BCUT2D eigenvalue weighted by Gasteiger charge is 2.09. The van der Waals surface area contributed by atoms with Crippen LogP contribution in [0.2, 0.25) is 0 Å². The molecule has 0 saturated heterocycles. The zero-order valence-corrected chi connectivity index (χ0v) is 11.2. The minimum absolute atomic E-state index is 0.229. The quantitative estimate of drug-likeness (QED) is 0.745. The number of rotatable bonds is 3. The van der Waals surface area contributed by atoms with Gasteiger partial charge in [0.25, 0.3) is 0 Å². The smallest absolute Gasteiger partial charge is 0.335 e. The molecule has 0 aliphatic rings. The van der Waals surface area contributed by atoms with Gasteiger partial charge in [0.05, 0.1) is 11.1 Å². The molecule has 5 heteroatoms. The van der Waals surface area contributed by atoms with E-state index in [1.807, 2.05) is 30.3 Å². The number of carbonyl (C=O) groups is 1. The number of carboxylic acid groups (broad SMARTS) is 1. The average molecular weight is 282 g/mol. The van der Waals surface area contributed by atoms with Crippen molar-refractivity contribution in [3.05, 3.63) is 60.4 Å². The van der Waals surface area contributed by atoms with E-state index in [1.165, 1.54) is 18.1 Å². The Morgan fingerprint density at radius 3 is 2.60 bits per heavy atom. The topological polar surface area (TPSA) is 63.1 Å². The third-order valence-corrected chi connectivity index (χ3v) is 3.83. The van der Waals surface area contributed by atoms with Crippen LogP contribution in [-0.2, 0) is 0 Å². The number of fused-ring (bicyclic) bond motifs is 1. The lowest BCUT2D eigenvalue weighted by Gasteiger charge is -2.05. The molecule has 0 unspecified atom stereocenters. The number of carboxylic acids is 1. The molecule has 0 aliphatic carbocycles. The molecule has 3 aromatic rings. The summed E-state index contributed by atoms with van der Waals surface area (Å²) in [7, 11) is 0. The highest BCUT2D eigenvalue weighted by atomic mass is 32.2. The predicted octanol–water partition coefficient (Wildman–Crippen LogP) is 3.48. The molecular formula is C15H10N2O2S. The summed E-state index contributed by atoms with van der Waals surface area (Å²) in [5, 5.41) is 10.7. The molecule has 20 heavy (non-hydrogen) atoms. The molecule has 0 fully saturated rings. The molecule has 1 aromatic heterocycles. The number of hydrogen-bond donors (Lipinski definition) is 1. The largest absolute Gasteiger partial charge is 0.478 e. The van der Waals surface area contributed by atoms with Crippen LogP contribution in [0.5, 0.6) is 0 Å². The average Bonchev–Trinajstić information content (AvgIpc) is 2.48. The van der Waals surface area contributed by atoms with Crippen molar-refractivity contribution in [2.45, 2.75) is 9.92 Å². The first kappa shape index (κ1) is 12.6. The number of benzene rings is 2. The second-order valence-electron chi connectivity index (χ2n) is 4.13. The second-order valence-corrected chi connectivity index (χ2v) is 5.19. The molecule has 1 heterocycles. The van der Waals surface area contributed by atoms with Gasteiger partial charge in [0.2, 0.25) is 0 Å². The molecule has 98 valence electrons. The highest BCUT2D eigenvalue weighted by molar-refractivity contribution is 7.99. The third kappa shape index (κ3) is 2.48. The van der Waals surface area contributed by atoms with E-state index in [2.05, 4.69) is 9.97 Å². The van der Waals surface area contributed by atoms with Crippen molar-refractivity contribution < 1.29 is 9.90 Å². The van der Waals surface area contributed by atoms with Gasteiger partial charge in [-0.1, -0.05) is 30.0 Å². The van der Waals surface area contributed by atoms with E-state index in [-0.39, 0.29) is 5.56 Å². The van der Waals surface area contributed by atoms with Gasteiger partial charge < -0.3 is 5.11 Å². The molecule has 3 rings (SSSR count). The lowest BCUT2D eigenvalue weighted by molar-refractivity contribution is 0.0697. The maximum Gasteiger partial charge on any atom is 0.335 e. The van der Waals surface area contributed by atoms with Gasteiger partial charge in [-0.05, 0) is 30.3 Å². The molecule has 0 aliphatic heterocycles. The van der Waals surface area contributed by atoms with Crippen LogP contribution in [0.1, 0.15) is 10.4 Å². The number of nitrogens with zero attached hydrogens (tertiary/aromatic N) is 2. The van der Waals surface area contributed by atoms with Crippen LogP contribution in [0, 0.1) is 0 Å². The van der Waals surface area contributed by atoms with Gasteiger partial charge in [-0.15, -0.1) is 0 Å². The minimum Gasteiger partial charge on any atom is -0.478 e. The van der Waals surface area contributed by atoms with E-state index in [9.17, 15) is 4.79 Å². The summed E-state index contributed by atoms with van der Waals surface area (Å²) in [6, 6.07) is 14.8. The van der Waals surface area contributed by atoms with Crippen molar-refractivity contribution in [1.82, 2.24) is 9.97 Å². The molecule has 0 spiro atoms. The Kier molecular flexibility index (Phi) is 3.35. The van der Waals surface area contributed by atoms with Gasteiger partial charge in [0, 0.05) is 10.3 Å². The zero-order valence-electron chi connectivity index (χ0n) is 10.4. The van der Waals surface area contributed by atoms with Crippen molar-refractivity contribution in [3.63, 3.8) is 0 Å². The summed E-state index contributed by atoms with van der Waals surface area (Å²) in [5.74, 6) is -0.956. The van der Waals surface area contributed by atoms with Crippen molar-refractivity contribution in [1.29, 1.82) is 0 Å². The summed E-state index contributed by atoms with van der Waals surface area (Å²) in [5.41, 5.74) is 0.866. The van der Waals surface area contributed by atoms with Crippen LogP contribution in [0.25, 0.3) is 10.9 Å². The summed E-state index contributed by atoms with van der Waals surface area (Å²) in [6.45, 7) is 0. The normalized spacial score (nSPS) is 10.6. The molecule has 0 saturated carbocycles. The highest BCUT2D eigenvalue weighted by Crippen LogP contribution is 2.30. The lowest BCUT2D eigenvalue weighted by atomic mass is 10.1. The van der Waals surface area contributed by atoms with Crippen LogP contribution in [-0.4, -0.2) is 21.0 Å². The molecule has 4 nitrogen and oxygen atoms in total. The van der Waals surface area contributed by atoms with E-state index >= 15 is 0 Å². The fraction of sp³-hybridized carbons (Fsp3) is 0. The van der Waals surface area contributed by atoms with Gasteiger partial charge >= 0.3 is 5.97 Å². The van der Waals surface area contributed by atoms with Gasteiger partial charge in [-0.2, -0.15) is 0 Å². The van der Waals surface area contributed by atoms with E-state index < -0.39 is 5.97 Å². The first-order valence-corrected chi connectivity index (χ1v) is 6.76. The van der Waals surface area contributed by atoms with Gasteiger partial charge in [0.15, 0.2) is 0 Å². The fourth-order valence-corrected chi connectivity index (χ4v) is 2.75. The first-order chi connectivity index (χ1) is 9.74. The summed E-state index contributed by atoms with van der Waals surface area (Å²) in [4.78, 5) is 20.5. The van der Waals surface area contributed by atoms with Gasteiger partial charge in [-0.25, -0.2) is 14.8 Å². The molecule has 2 aromatic carbocycles. The SMILES string of the molecule is O=C(O)c1ccc2c(Sc3ccccc3)ncnc2c1. The van der Waals surface area contributed by atoms with Crippen LogP contribution >= 0.6 is 11.8 Å². The van der Waals surface area contributed by atoms with Crippen LogP contribution in [0.3, 0.4) is 0 Å². The Balaban J connectivity index is 2.06. The minimum atomic E-state index is -0.956. The molecule has 0 bridgehead atoms. The maximum atomic E-state index is 11.0. The van der Waals surface area contributed by atoms with E-state index in [0.717, 1.165) is 15.3 Å². The van der Waals surface area contributed by atoms with Crippen molar-refractivity contribution in [2.24, 2.45) is 0 Å². The zero-order chi connectivity index (χ0) is 13.9. The monoisotopic (exact) mass is 282 g/mol. The Morgan fingerprint density at radius 1 is 1.05 bits per heavy atom. The van der Waals surface area contributed by atoms with Crippen molar-refractivity contribution in [2.75, 3.05) is 0 Å². The Labute approximate surface area is 119 Å². The Morgan fingerprint density at radius 2 is 1.85 bits per heavy atom. The standard InChI is InChI=1S/C15H10N2O2S/c18-15(19)10-6-7-12-13(8-10)16-9-17-14(12)20-11-4-2-1-3-5-11/h1-9H,(H,18,19). The number of aromatic carboxylic acids is 1. The van der Waals surface area contributed by atoms with Crippen molar-refractivity contribution in [3.8, 4) is 0 Å². The molecular weight excluding hydrogens is 272 g/mol. The summed E-state index contributed by atoms with van der Waals surface area (Å²) in [6.07, 6.45) is 1.46. The first-order valence-electron chi connectivity index (χ1n) is 5.95.